The van der Waals surface area contributed by atoms with Crippen molar-refractivity contribution >= 4 is 17.6 Å². The van der Waals surface area contributed by atoms with Crippen LogP contribution in [0.5, 0.6) is 0 Å². The summed E-state index contributed by atoms with van der Waals surface area (Å²) in [5.74, 6) is -0.241. The largest absolute Gasteiger partial charge is 0.469 e. The first kappa shape index (κ1) is 11.1. The Morgan fingerprint density at radius 2 is 2.07 bits per heavy atom. The molecule has 0 amide bonds. The van der Waals surface area contributed by atoms with Gasteiger partial charge < -0.3 is 4.74 Å². The molecule has 0 fully saturated rings. The van der Waals surface area contributed by atoms with Crippen LogP contribution in [0.2, 0.25) is 5.02 Å². The fraction of sp³-hybridized carbons (Fsp3) is 0.364. The van der Waals surface area contributed by atoms with Crippen LogP contribution in [-0.4, -0.2) is 13.1 Å². The third-order valence-electron chi connectivity index (χ3n) is 2.30. The number of hydrogen-bond donors (Lipinski definition) is 0. The Kier molecular flexibility index (Phi) is 3.53. The van der Waals surface area contributed by atoms with E-state index >= 15 is 0 Å². The highest BCUT2D eigenvalue weighted by atomic mass is 35.5. The van der Waals surface area contributed by atoms with Crippen LogP contribution in [0.15, 0.2) is 12.1 Å². The van der Waals surface area contributed by atoms with Crippen molar-refractivity contribution in [1.29, 1.82) is 0 Å². The predicted octanol–water partition coefficient (Wildman–Crippen LogP) is 2.67. The molecule has 0 spiro atoms. The number of methoxy groups -OCH3 is 1. The lowest BCUT2D eigenvalue weighted by molar-refractivity contribution is -0.139. The van der Waals surface area contributed by atoms with E-state index in [4.69, 9.17) is 11.6 Å². The van der Waals surface area contributed by atoms with Gasteiger partial charge in [-0.3, -0.25) is 4.79 Å². The topological polar surface area (TPSA) is 26.3 Å². The van der Waals surface area contributed by atoms with Crippen LogP contribution in [0.1, 0.15) is 16.7 Å². The Morgan fingerprint density at radius 1 is 1.43 bits per heavy atom. The summed E-state index contributed by atoms with van der Waals surface area (Å²) < 4.78 is 4.61. The second-order valence-corrected chi connectivity index (χ2v) is 3.70. The van der Waals surface area contributed by atoms with Crippen LogP contribution < -0.4 is 0 Å². The maximum absolute atomic E-state index is 11.1. The van der Waals surface area contributed by atoms with E-state index in [9.17, 15) is 4.79 Å². The minimum atomic E-state index is -0.241. The molecule has 0 aromatic heterocycles. The molecule has 0 unspecified atom stereocenters. The average molecular weight is 213 g/mol. The molecule has 0 aliphatic carbocycles. The molecule has 0 heterocycles. The Balaban J connectivity index is 3.02. The Bertz CT molecular complexity index is 359. The summed E-state index contributed by atoms with van der Waals surface area (Å²) in [6.45, 7) is 3.95. The van der Waals surface area contributed by atoms with Gasteiger partial charge in [-0.25, -0.2) is 0 Å². The molecule has 0 N–H and O–H groups in total. The van der Waals surface area contributed by atoms with Crippen molar-refractivity contribution in [3.8, 4) is 0 Å². The smallest absolute Gasteiger partial charge is 0.309 e. The Morgan fingerprint density at radius 3 is 2.64 bits per heavy atom. The number of aryl methyl sites for hydroxylation is 1. The average Bonchev–Trinajstić information content (AvgIpc) is 2.13. The molecule has 0 saturated heterocycles. The monoisotopic (exact) mass is 212 g/mol. The Labute approximate surface area is 88.8 Å². The Hall–Kier alpha value is -1.02. The number of rotatable bonds is 2. The fourth-order valence-corrected chi connectivity index (χ4v) is 1.59. The van der Waals surface area contributed by atoms with Gasteiger partial charge in [0.2, 0.25) is 0 Å². The van der Waals surface area contributed by atoms with Crippen LogP contribution in [0.25, 0.3) is 0 Å². The first-order chi connectivity index (χ1) is 6.54. The van der Waals surface area contributed by atoms with E-state index in [1.165, 1.54) is 7.11 Å². The second-order valence-electron chi connectivity index (χ2n) is 3.26. The van der Waals surface area contributed by atoms with Crippen molar-refractivity contribution < 1.29 is 9.53 Å². The third-order valence-corrected chi connectivity index (χ3v) is 2.52. The molecule has 0 radical (unpaired) electrons. The number of ether oxygens (including phenoxy) is 1. The van der Waals surface area contributed by atoms with E-state index in [0.29, 0.717) is 5.02 Å². The van der Waals surface area contributed by atoms with E-state index in [1.54, 1.807) is 6.07 Å². The number of hydrogen-bond acceptors (Lipinski definition) is 2. The molecule has 2 nitrogen and oxygen atoms in total. The lowest BCUT2D eigenvalue weighted by Gasteiger charge is -2.08. The summed E-state index contributed by atoms with van der Waals surface area (Å²) in [4.78, 5) is 11.1. The molecule has 1 rings (SSSR count). The predicted molar refractivity (Wildman–Crippen MR) is 56.6 cm³/mol. The van der Waals surface area contributed by atoms with E-state index in [-0.39, 0.29) is 12.4 Å². The van der Waals surface area contributed by atoms with Crippen molar-refractivity contribution in [2.75, 3.05) is 7.11 Å². The lowest BCUT2D eigenvalue weighted by Crippen LogP contribution is -2.06. The van der Waals surface area contributed by atoms with Gasteiger partial charge >= 0.3 is 5.97 Å². The zero-order valence-corrected chi connectivity index (χ0v) is 9.31. The van der Waals surface area contributed by atoms with Gasteiger partial charge in [0, 0.05) is 5.02 Å². The van der Waals surface area contributed by atoms with Gasteiger partial charge in [0.05, 0.1) is 13.5 Å². The molecule has 0 atom stereocenters. The summed E-state index contributed by atoms with van der Waals surface area (Å²) in [7, 11) is 1.38. The number of carbonyl (C=O) groups is 1. The molecule has 0 saturated carbocycles. The van der Waals surface area contributed by atoms with Gasteiger partial charge in [-0.05, 0) is 42.7 Å². The molecular weight excluding hydrogens is 200 g/mol. The number of esters is 1. The van der Waals surface area contributed by atoms with Crippen molar-refractivity contribution in [2.45, 2.75) is 20.3 Å². The zero-order valence-electron chi connectivity index (χ0n) is 8.56. The van der Waals surface area contributed by atoms with Crippen molar-refractivity contribution in [3.05, 3.63) is 33.8 Å². The molecule has 3 heteroatoms. The number of benzene rings is 1. The first-order valence-corrected chi connectivity index (χ1v) is 4.75. The summed E-state index contributed by atoms with van der Waals surface area (Å²) in [6.07, 6.45) is 0.281. The maximum atomic E-state index is 11.1. The van der Waals surface area contributed by atoms with Crippen LogP contribution in [-0.2, 0) is 16.0 Å². The van der Waals surface area contributed by atoms with E-state index < -0.39 is 0 Å². The summed E-state index contributed by atoms with van der Waals surface area (Å²) in [5.41, 5.74) is 3.12. The highest BCUT2D eigenvalue weighted by molar-refractivity contribution is 6.30. The summed E-state index contributed by atoms with van der Waals surface area (Å²) >= 11 is 5.90. The quantitative estimate of drug-likeness (QED) is 0.705. The van der Waals surface area contributed by atoms with E-state index in [0.717, 1.165) is 16.7 Å². The molecule has 0 bridgehead atoms. The van der Waals surface area contributed by atoms with Crippen LogP contribution >= 0.6 is 11.6 Å². The van der Waals surface area contributed by atoms with Crippen LogP contribution in [0.4, 0.5) is 0 Å². The standard InChI is InChI=1S/C11H13ClO2/c1-7-4-10(12)5-9(8(7)2)6-11(13)14-3/h4-5H,6H2,1-3H3. The van der Waals surface area contributed by atoms with Gasteiger partial charge in [0.15, 0.2) is 0 Å². The van der Waals surface area contributed by atoms with E-state index in [1.807, 2.05) is 19.9 Å². The van der Waals surface area contributed by atoms with Crippen LogP contribution in [0.3, 0.4) is 0 Å². The molecule has 1 aromatic carbocycles. The van der Waals surface area contributed by atoms with Crippen molar-refractivity contribution in [1.82, 2.24) is 0 Å². The normalized spacial score (nSPS) is 10.0. The van der Waals surface area contributed by atoms with Gasteiger partial charge in [-0.15, -0.1) is 0 Å². The molecule has 14 heavy (non-hydrogen) atoms. The lowest BCUT2D eigenvalue weighted by atomic mass is 10.0. The number of carbonyl (C=O) groups excluding carboxylic acids is 1. The maximum Gasteiger partial charge on any atom is 0.309 e. The highest BCUT2D eigenvalue weighted by Gasteiger charge is 2.08. The second kappa shape index (κ2) is 4.47. The zero-order chi connectivity index (χ0) is 10.7. The summed E-state index contributed by atoms with van der Waals surface area (Å²) in [6, 6.07) is 3.69. The van der Waals surface area contributed by atoms with Crippen LogP contribution in [0, 0.1) is 13.8 Å². The number of halogens is 1. The molecule has 76 valence electrons. The van der Waals surface area contributed by atoms with Crippen molar-refractivity contribution in [3.63, 3.8) is 0 Å². The minimum Gasteiger partial charge on any atom is -0.469 e. The SMILES string of the molecule is COC(=O)Cc1cc(Cl)cc(C)c1C. The first-order valence-electron chi connectivity index (χ1n) is 4.37. The molecular formula is C11H13ClO2. The van der Waals surface area contributed by atoms with Gasteiger partial charge in [-0.2, -0.15) is 0 Å². The molecule has 1 aromatic rings. The minimum absolute atomic E-state index is 0.241. The van der Waals surface area contributed by atoms with Gasteiger partial charge in [0.25, 0.3) is 0 Å². The van der Waals surface area contributed by atoms with Crippen molar-refractivity contribution in [2.24, 2.45) is 0 Å². The molecule has 0 aliphatic heterocycles. The fourth-order valence-electron chi connectivity index (χ4n) is 1.30. The van der Waals surface area contributed by atoms with Gasteiger partial charge in [-0.1, -0.05) is 11.6 Å². The summed E-state index contributed by atoms with van der Waals surface area (Å²) in [5, 5.41) is 0.659. The highest BCUT2D eigenvalue weighted by Crippen LogP contribution is 2.20. The van der Waals surface area contributed by atoms with Gasteiger partial charge in [0.1, 0.15) is 0 Å². The molecule has 0 aliphatic rings. The van der Waals surface area contributed by atoms with E-state index in [2.05, 4.69) is 4.74 Å². The third kappa shape index (κ3) is 2.48.